The number of hydrogen-bond acceptors (Lipinski definition) is 2. The van der Waals surface area contributed by atoms with Gasteiger partial charge in [0, 0.05) is 12.0 Å². The average Bonchev–Trinajstić information content (AvgIpc) is 2.58. The van der Waals surface area contributed by atoms with Crippen molar-refractivity contribution in [2.24, 2.45) is 23.2 Å². The fourth-order valence-corrected chi connectivity index (χ4v) is 5.84. The molecule has 26 heavy (non-hydrogen) atoms. The van der Waals surface area contributed by atoms with Crippen molar-refractivity contribution in [3.8, 4) is 0 Å². The quantitative estimate of drug-likeness (QED) is 0.822. The number of rotatable bonds is 6. The Bertz CT molecular complexity index is 668. The van der Waals surface area contributed by atoms with Crippen LogP contribution in [0, 0.1) is 29.0 Å². The lowest BCUT2D eigenvalue weighted by Crippen LogP contribution is -2.54. The van der Waals surface area contributed by atoms with Gasteiger partial charge in [0.05, 0.1) is 6.54 Å². The highest BCUT2D eigenvalue weighted by Gasteiger charge is 2.54. The monoisotopic (exact) mass is 358 g/mol. The highest BCUT2D eigenvalue weighted by atomic mass is 19.1. The summed E-state index contributed by atoms with van der Waals surface area (Å²) in [5, 5.41) is 5.69. The number of hydrogen-bond donors (Lipinski definition) is 2. The first-order valence-electron chi connectivity index (χ1n) is 9.82. The minimum Gasteiger partial charge on any atom is -0.354 e. The maximum Gasteiger partial charge on any atom is 0.239 e. The van der Waals surface area contributed by atoms with Gasteiger partial charge in [-0.05, 0) is 80.4 Å². The summed E-state index contributed by atoms with van der Waals surface area (Å²) in [6.07, 6.45) is 7.49. The SMILES string of the molecule is O=C(CNC(=O)C12CC3CC(CC(C3)C1)C2)NCCc1cccc(F)c1. The van der Waals surface area contributed by atoms with E-state index in [9.17, 15) is 14.0 Å². The van der Waals surface area contributed by atoms with E-state index in [-0.39, 0.29) is 29.6 Å². The molecule has 1 aromatic rings. The van der Waals surface area contributed by atoms with Crippen LogP contribution in [0.1, 0.15) is 44.1 Å². The molecule has 0 spiro atoms. The van der Waals surface area contributed by atoms with E-state index in [1.54, 1.807) is 6.07 Å². The van der Waals surface area contributed by atoms with Crippen molar-refractivity contribution >= 4 is 11.8 Å². The fourth-order valence-electron chi connectivity index (χ4n) is 5.84. The van der Waals surface area contributed by atoms with Gasteiger partial charge in [-0.2, -0.15) is 0 Å². The molecule has 0 unspecified atom stereocenters. The fraction of sp³-hybridized carbons (Fsp3) is 0.619. The lowest BCUT2D eigenvalue weighted by molar-refractivity contribution is -0.147. The summed E-state index contributed by atoms with van der Waals surface area (Å²) < 4.78 is 13.1. The number of carbonyl (C=O) groups is 2. The molecule has 5 rings (SSSR count). The Morgan fingerprint density at radius 2 is 1.69 bits per heavy atom. The minimum absolute atomic E-state index is 0.0315. The molecule has 140 valence electrons. The van der Waals surface area contributed by atoms with Gasteiger partial charge in [-0.25, -0.2) is 4.39 Å². The van der Waals surface area contributed by atoms with E-state index >= 15 is 0 Å². The van der Waals surface area contributed by atoms with E-state index in [0.717, 1.165) is 24.8 Å². The smallest absolute Gasteiger partial charge is 0.239 e. The molecule has 0 saturated heterocycles. The van der Waals surface area contributed by atoms with Crippen molar-refractivity contribution < 1.29 is 14.0 Å². The maximum absolute atomic E-state index is 13.1. The van der Waals surface area contributed by atoms with Crippen LogP contribution in [0.3, 0.4) is 0 Å². The number of nitrogens with one attached hydrogen (secondary N) is 2. The van der Waals surface area contributed by atoms with Crippen molar-refractivity contribution in [2.75, 3.05) is 13.1 Å². The molecule has 4 bridgehead atoms. The summed E-state index contributed by atoms with van der Waals surface area (Å²) in [5.41, 5.74) is 0.638. The highest BCUT2D eigenvalue weighted by molar-refractivity contribution is 5.88. The van der Waals surface area contributed by atoms with Gasteiger partial charge in [0.2, 0.25) is 11.8 Å². The molecule has 0 aromatic heterocycles. The number of amides is 2. The van der Waals surface area contributed by atoms with Crippen LogP contribution in [-0.2, 0) is 16.0 Å². The van der Waals surface area contributed by atoms with Crippen molar-refractivity contribution in [2.45, 2.75) is 44.9 Å². The zero-order valence-corrected chi connectivity index (χ0v) is 15.1. The lowest BCUT2D eigenvalue weighted by Gasteiger charge is -2.55. The highest BCUT2D eigenvalue weighted by Crippen LogP contribution is 2.60. The first-order valence-corrected chi connectivity index (χ1v) is 9.82. The third-order valence-electron chi connectivity index (χ3n) is 6.55. The Balaban J connectivity index is 1.22. The third kappa shape index (κ3) is 3.62. The van der Waals surface area contributed by atoms with Gasteiger partial charge >= 0.3 is 0 Å². The van der Waals surface area contributed by atoms with Gasteiger partial charge < -0.3 is 10.6 Å². The van der Waals surface area contributed by atoms with E-state index < -0.39 is 0 Å². The summed E-state index contributed by atoms with van der Waals surface area (Å²) in [5.74, 6) is 1.78. The molecule has 4 nitrogen and oxygen atoms in total. The number of benzene rings is 1. The summed E-state index contributed by atoms with van der Waals surface area (Å²) in [4.78, 5) is 24.8. The van der Waals surface area contributed by atoms with Gasteiger partial charge in [-0.3, -0.25) is 9.59 Å². The number of halogens is 1. The molecule has 0 radical (unpaired) electrons. The molecule has 1 aromatic carbocycles. The first-order chi connectivity index (χ1) is 12.5. The van der Waals surface area contributed by atoms with Crippen LogP contribution in [-0.4, -0.2) is 24.9 Å². The molecular formula is C21H27FN2O2. The summed E-state index contributed by atoms with van der Waals surface area (Å²) in [6.45, 7) is 0.471. The molecule has 4 fully saturated rings. The van der Waals surface area contributed by atoms with Crippen LogP contribution in [0.25, 0.3) is 0 Å². The van der Waals surface area contributed by atoms with Crippen LogP contribution in [0.15, 0.2) is 24.3 Å². The second-order valence-electron chi connectivity index (χ2n) is 8.61. The van der Waals surface area contributed by atoms with Gasteiger partial charge in [0.15, 0.2) is 0 Å². The minimum atomic E-state index is -0.267. The predicted octanol–water partition coefficient (Wildman–Crippen LogP) is 2.82. The predicted molar refractivity (Wildman–Crippen MR) is 96.7 cm³/mol. The van der Waals surface area contributed by atoms with E-state index in [2.05, 4.69) is 10.6 Å². The standard InChI is InChI=1S/C21H27FN2O2/c22-18-3-1-2-14(9-18)4-5-23-19(25)13-24-20(26)21-10-15-6-16(11-21)8-17(7-15)12-21/h1-3,9,15-17H,4-8,10-13H2,(H,23,25)(H,24,26). The molecule has 2 N–H and O–H groups in total. The van der Waals surface area contributed by atoms with Crippen LogP contribution >= 0.6 is 0 Å². The first kappa shape index (κ1) is 17.5. The Kier molecular flexibility index (Phi) is 4.72. The Morgan fingerprint density at radius 3 is 2.31 bits per heavy atom. The van der Waals surface area contributed by atoms with Crippen molar-refractivity contribution in [1.29, 1.82) is 0 Å². The molecule has 5 heteroatoms. The van der Waals surface area contributed by atoms with Crippen molar-refractivity contribution in [3.63, 3.8) is 0 Å². The molecule has 0 atom stereocenters. The van der Waals surface area contributed by atoms with Crippen LogP contribution in [0.4, 0.5) is 4.39 Å². The zero-order chi connectivity index (χ0) is 18.1. The molecule has 0 aliphatic heterocycles. The molecule has 4 aliphatic carbocycles. The van der Waals surface area contributed by atoms with Gasteiger partial charge in [0.25, 0.3) is 0 Å². The van der Waals surface area contributed by atoms with Crippen molar-refractivity contribution in [3.05, 3.63) is 35.6 Å². The summed E-state index contributed by atoms with van der Waals surface area (Å²) >= 11 is 0. The molecule has 2 amide bonds. The van der Waals surface area contributed by atoms with Gasteiger partial charge in [0.1, 0.15) is 5.82 Å². The Morgan fingerprint density at radius 1 is 1.04 bits per heavy atom. The molecule has 4 saturated carbocycles. The largest absolute Gasteiger partial charge is 0.354 e. The normalized spacial score (nSPS) is 31.7. The second kappa shape index (κ2) is 7.01. The van der Waals surface area contributed by atoms with Gasteiger partial charge in [-0.15, -0.1) is 0 Å². The van der Waals surface area contributed by atoms with Crippen molar-refractivity contribution in [1.82, 2.24) is 10.6 Å². The Hall–Kier alpha value is -1.91. The van der Waals surface area contributed by atoms with Crippen LogP contribution < -0.4 is 10.6 Å². The van der Waals surface area contributed by atoms with E-state index in [0.29, 0.717) is 30.7 Å². The second-order valence-corrected chi connectivity index (χ2v) is 8.61. The number of carbonyl (C=O) groups excluding carboxylic acids is 2. The van der Waals surface area contributed by atoms with Crippen LogP contribution in [0.2, 0.25) is 0 Å². The van der Waals surface area contributed by atoms with E-state index in [4.69, 9.17) is 0 Å². The van der Waals surface area contributed by atoms with Gasteiger partial charge in [-0.1, -0.05) is 12.1 Å². The molecule has 4 aliphatic rings. The third-order valence-corrected chi connectivity index (χ3v) is 6.55. The van der Waals surface area contributed by atoms with Crippen LogP contribution in [0.5, 0.6) is 0 Å². The molecule has 0 heterocycles. The summed E-state index contributed by atoms with van der Waals surface area (Å²) in [7, 11) is 0. The zero-order valence-electron chi connectivity index (χ0n) is 15.1. The molecular weight excluding hydrogens is 331 g/mol. The topological polar surface area (TPSA) is 58.2 Å². The average molecular weight is 358 g/mol. The van der Waals surface area contributed by atoms with E-state index in [1.165, 1.54) is 31.4 Å². The lowest BCUT2D eigenvalue weighted by atomic mass is 9.49. The van der Waals surface area contributed by atoms with E-state index in [1.807, 2.05) is 6.07 Å². The Labute approximate surface area is 153 Å². The maximum atomic E-state index is 13.1. The summed E-state index contributed by atoms with van der Waals surface area (Å²) in [6, 6.07) is 6.38.